The summed E-state index contributed by atoms with van der Waals surface area (Å²) in [6.45, 7) is 3.12. The first kappa shape index (κ1) is 10.6. The number of nitrogens with zero attached hydrogens (tertiary/aromatic N) is 1. The second-order valence-corrected chi connectivity index (χ2v) is 3.62. The van der Waals surface area contributed by atoms with E-state index in [0.29, 0.717) is 18.8 Å². The van der Waals surface area contributed by atoms with Gasteiger partial charge in [-0.05, 0) is 24.6 Å². The molecule has 0 saturated heterocycles. The highest BCUT2D eigenvalue weighted by Crippen LogP contribution is 2.30. The highest BCUT2D eigenvalue weighted by atomic mass is 16.5. The second-order valence-electron chi connectivity index (χ2n) is 3.62. The van der Waals surface area contributed by atoms with Crippen molar-refractivity contribution in [1.29, 1.82) is 5.26 Å². The Morgan fingerprint density at radius 1 is 1.50 bits per heavy atom. The molecule has 0 amide bonds. The van der Waals surface area contributed by atoms with E-state index >= 15 is 0 Å². The van der Waals surface area contributed by atoms with Gasteiger partial charge in [0, 0.05) is 11.6 Å². The van der Waals surface area contributed by atoms with E-state index in [1.54, 1.807) is 0 Å². The number of hydrogen-bond donors (Lipinski definition) is 0. The number of hydrogen-bond acceptors (Lipinski definition) is 3. The normalized spacial score (nSPS) is 13.1. The molecule has 0 unspecified atom stereocenters. The second kappa shape index (κ2) is 4.71. The molecule has 0 bridgehead atoms. The molecule has 1 aromatic rings. The molecule has 3 nitrogen and oxygen atoms in total. The van der Waals surface area contributed by atoms with Crippen LogP contribution in [0.4, 0.5) is 0 Å². The molecule has 0 saturated carbocycles. The summed E-state index contributed by atoms with van der Waals surface area (Å²) in [6.07, 6.45) is 2.83. The van der Waals surface area contributed by atoms with E-state index in [1.807, 2.05) is 24.3 Å². The third-order valence-electron chi connectivity index (χ3n) is 2.31. The van der Waals surface area contributed by atoms with Crippen molar-refractivity contribution < 1.29 is 9.47 Å². The molecule has 0 spiro atoms. The first-order chi connectivity index (χ1) is 7.83. The molecule has 1 aromatic carbocycles. The van der Waals surface area contributed by atoms with Crippen molar-refractivity contribution in [2.45, 2.75) is 13.3 Å². The third kappa shape index (κ3) is 2.17. The monoisotopic (exact) mass is 215 g/mol. The van der Waals surface area contributed by atoms with Crippen LogP contribution in [0.3, 0.4) is 0 Å². The molecule has 0 atom stereocenters. The molecule has 1 heterocycles. The molecule has 3 heteroatoms. The van der Waals surface area contributed by atoms with Gasteiger partial charge in [0.05, 0.1) is 18.2 Å². The van der Waals surface area contributed by atoms with Crippen LogP contribution >= 0.6 is 0 Å². The van der Waals surface area contributed by atoms with Gasteiger partial charge in [-0.15, -0.1) is 0 Å². The number of rotatable bonds is 3. The Kier molecular flexibility index (Phi) is 3.11. The maximum absolute atomic E-state index is 8.76. The van der Waals surface area contributed by atoms with Gasteiger partial charge in [-0.3, -0.25) is 0 Å². The molecule has 0 aromatic heterocycles. The summed E-state index contributed by atoms with van der Waals surface area (Å²) in [5.74, 6) is 1.60. The van der Waals surface area contributed by atoms with Crippen LogP contribution < -0.4 is 9.47 Å². The van der Waals surface area contributed by atoms with E-state index in [-0.39, 0.29) is 0 Å². The number of benzene rings is 1. The number of ether oxygens (including phenoxy) is 2. The Morgan fingerprint density at radius 3 is 3.12 bits per heavy atom. The van der Waals surface area contributed by atoms with Crippen LogP contribution in [0.15, 0.2) is 23.8 Å². The maximum Gasteiger partial charge on any atom is 0.130 e. The van der Waals surface area contributed by atoms with Crippen molar-refractivity contribution in [3.05, 3.63) is 29.3 Å². The van der Waals surface area contributed by atoms with Crippen LogP contribution in [0.25, 0.3) is 6.08 Å². The highest BCUT2D eigenvalue weighted by Gasteiger charge is 2.11. The van der Waals surface area contributed by atoms with Crippen molar-refractivity contribution >= 4 is 6.08 Å². The van der Waals surface area contributed by atoms with E-state index < -0.39 is 0 Å². The average Bonchev–Trinajstić information content (AvgIpc) is 2.35. The quantitative estimate of drug-likeness (QED) is 0.778. The lowest BCUT2D eigenvalue weighted by Crippen LogP contribution is -2.06. The van der Waals surface area contributed by atoms with Crippen LogP contribution in [0, 0.1) is 11.3 Å². The molecule has 1 aliphatic rings. The third-order valence-corrected chi connectivity index (χ3v) is 2.31. The molecule has 2 rings (SSSR count). The van der Waals surface area contributed by atoms with Gasteiger partial charge in [-0.25, -0.2) is 0 Å². The van der Waals surface area contributed by atoms with E-state index in [1.165, 1.54) is 0 Å². The van der Waals surface area contributed by atoms with Crippen LogP contribution in [0.2, 0.25) is 0 Å². The van der Waals surface area contributed by atoms with Crippen molar-refractivity contribution in [2.24, 2.45) is 0 Å². The Morgan fingerprint density at radius 2 is 2.38 bits per heavy atom. The van der Waals surface area contributed by atoms with Gasteiger partial charge < -0.3 is 9.47 Å². The summed E-state index contributed by atoms with van der Waals surface area (Å²) in [6, 6.07) is 7.78. The Bertz CT molecular complexity index is 457. The first-order valence-corrected chi connectivity index (χ1v) is 5.34. The minimum Gasteiger partial charge on any atom is -0.493 e. The van der Waals surface area contributed by atoms with E-state index in [9.17, 15) is 0 Å². The fourth-order valence-corrected chi connectivity index (χ4v) is 1.52. The molecular formula is C13H13NO2. The fraction of sp³-hybridized carbons (Fsp3) is 0.308. The Labute approximate surface area is 94.9 Å². The van der Waals surface area contributed by atoms with E-state index in [0.717, 1.165) is 23.5 Å². The molecule has 0 N–H and O–H groups in total. The summed E-state index contributed by atoms with van der Waals surface area (Å²) in [4.78, 5) is 0. The topological polar surface area (TPSA) is 42.2 Å². The van der Waals surface area contributed by atoms with Crippen LogP contribution in [-0.2, 0) is 0 Å². The Balaban J connectivity index is 2.22. The van der Waals surface area contributed by atoms with Gasteiger partial charge in [-0.2, -0.15) is 5.26 Å². The van der Waals surface area contributed by atoms with Crippen LogP contribution in [-0.4, -0.2) is 13.2 Å². The van der Waals surface area contributed by atoms with Crippen molar-refractivity contribution in [3.63, 3.8) is 0 Å². The number of fused-ring (bicyclic) bond motifs is 1. The van der Waals surface area contributed by atoms with Gasteiger partial charge in [0.2, 0.25) is 0 Å². The predicted octanol–water partition coefficient (Wildman–Crippen LogP) is 2.77. The highest BCUT2D eigenvalue weighted by molar-refractivity contribution is 5.66. The average molecular weight is 215 g/mol. The molecule has 0 fully saturated rings. The van der Waals surface area contributed by atoms with Gasteiger partial charge in [-0.1, -0.05) is 6.92 Å². The van der Waals surface area contributed by atoms with Gasteiger partial charge in [0.25, 0.3) is 0 Å². The van der Waals surface area contributed by atoms with Gasteiger partial charge >= 0.3 is 0 Å². The lowest BCUT2D eigenvalue weighted by molar-refractivity contribution is 0.310. The van der Waals surface area contributed by atoms with Crippen LogP contribution in [0.5, 0.6) is 11.5 Å². The van der Waals surface area contributed by atoms with Crippen LogP contribution in [0.1, 0.15) is 18.9 Å². The van der Waals surface area contributed by atoms with E-state index in [2.05, 4.69) is 13.0 Å². The van der Waals surface area contributed by atoms with Gasteiger partial charge in [0.1, 0.15) is 18.1 Å². The Hall–Kier alpha value is -1.95. The molecule has 16 heavy (non-hydrogen) atoms. The van der Waals surface area contributed by atoms with Crippen molar-refractivity contribution in [2.75, 3.05) is 13.2 Å². The summed E-state index contributed by atoms with van der Waals surface area (Å²) in [5, 5.41) is 8.76. The molecule has 0 aliphatic carbocycles. The first-order valence-electron chi connectivity index (χ1n) is 5.34. The summed E-state index contributed by atoms with van der Waals surface area (Å²) in [5.41, 5.74) is 1.58. The molecule has 0 radical (unpaired) electrons. The van der Waals surface area contributed by atoms with Crippen molar-refractivity contribution in [3.8, 4) is 17.6 Å². The minimum atomic E-state index is 0.348. The maximum atomic E-state index is 8.76. The smallest absolute Gasteiger partial charge is 0.130 e. The largest absolute Gasteiger partial charge is 0.493 e. The predicted molar refractivity (Wildman–Crippen MR) is 61.3 cm³/mol. The summed E-state index contributed by atoms with van der Waals surface area (Å²) >= 11 is 0. The summed E-state index contributed by atoms with van der Waals surface area (Å²) < 4.78 is 11.0. The zero-order valence-electron chi connectivity index (χ0n) is 9.19. The molecular weight excluding hydrogens is 202 g/mol. The van der Waals surface area contributed by atoms with E-state index in [4.69, 9.17) is 14.7 Å². The number of nitriles is 1. The SMILES string of the molecule is CCCOc1ccc2c(c1)OCC(C#N)=C2. The minimum absolute atomic E-state index is 0.348. The lowest BCUT2D eigenvalue weighted by Gasteiger charge is -2.15. The fourth-order valence-electron chi connectivity index (χ4n) is 1.52. The zero-order chi connectivity index (χ0) is 11.4. The lowest BCUT2D eigenvalue weighted by atomic mass is 10.1. The van der Waals surface area contributed by atoms with Gasteiger partial charge in [0.15, 0.2) is 0 Å². The zero-order valence-corrected chi connectivity index (χ0v) is 9.19. The standard InChI is InChI=1S/C13H13NO2/c1-2-5-15-12-4-3-11-6-10(8-14)9-16-13(11)7-12/h3-4,6-7H,2,5,9H2,1H3. The molecule has 1 aliphatic heterocycles. The summed E-state index contributed by atoms with van der Waals surface area (Å²) in [7, 11) is 0. The molecule has 82 valence electrons. The van der Waals surface area contributed by atoms with Crippen molar-refractivity contribution in [1.82, 2.24) is 0 Å².